The Hall–Kier alpha value is -2.93. The summed E-state index contributed by atoms with van der Waals surface area (Å²) in [5.41, 5.74) is 3.28. The summed E-state index contributed by atoms with van der Waals surface area (Å²) < 4.78 is 22.1. The number of aliphatic imine (C=N–C) groups is 1. The molecule has 0 atom stereocenters. The summed E-state index contributed by atoms with van der Waals surface area (Å²) in [7, 11) is 5.07. The lowest BCUT2D eigenvalue weighted by Crippen LogP contribution is -2.36. The Morgan fingerprint density at radius 2 is 1.65 bits per heavy atom. The lowest BCUT2D eigenvalue weighted by atomic mass is 10.1. The largest absolute Gasteiger partial charge is 0.493 e. The first kappa shape index (κ1) is 24.3. The third-order valence-corrected chi connectivity index (χ3v) is 4.59. The molecule has 0 saturated heterocycles. The molecule has 0 radical (unpaired) electrons. The molecule has 7 nitrogen and oxygen atoms in total. The molecule has 0 fully saturated rings. The molecular formula is C24H35N3O4. The molecule has 0 aromatic heterocycles. The second-order valence-electron chi connectivity index (χ2n) is 7.07. The van der Waals surface area contributed by atoms with Gasteiger partial charge in [-0.1, -0.05) is 25.1 Å². The van der Waals surface area contributed by atoms with E-state index in [0.717, 1.165) is 40.4 Å². The Morgan fingerprint density at radius 3 is 2.35 bits per heavy atom. The molecule has 0 spiro atoms. The normalized spacial score (nSPS) is 11.2. The van der Waals surface area contributed by atoms with Crippen molar-refractivity contribution in [2.24, 2.45) is 4.99 Å². The van der Waals surface area contributed by atoms with E-state index in [1.807, 2.05) is 31.2 Å². The summed E-state index contributed by atoms with van der Waals surface area (Å²) in [6, 6.07) is 12.1. The van der Waals surface area contributed by atoms with Crippen LogP contribution in [0.3, 0.4) is 0 Å². The van der Waals surface area contributed by atoms with Crippen molar-refractivity contribution in [3.63, 3.8) is 0 Å². The summed E-state index contributed by atoms with van der Waals surface area (Å²) in [6.45, 7) is 7.06. The molecule has 0 heterocycles. The van der Waals surface area contributed by atoms with Gasteiger partial charge in [-0.3, -0.25) is 4.99 Å². The number of methoxy groups -OCH3 is 2. The molecule has 0 bridgehead atoms. The number of benzene rings is 2. The highest BCUT2D eigenvalue weighted by molar-refractivity contribution is 5.79. The second kappa shape index (κ2) is 13.4. The summed E-state index contributed by atoms with van der Waals surface area (Å²) >= 11 is 0. The molecule has 0 aliphatic heterocycles. The fourth-order valence-electron chi connectivity index (χ4n) is 2.92. The van der Waals surface area contributed by atoms with Crippen molar-refractivity contribution in [2.45, 2.75) is 33.4 Å². The molecule has 7 heteroatoms. The highest BCUT2D eigenvalue weighted by Crippen LogP contribution is 2.28. The fraction of sp³-hybridized carbons (Fsp3) is 0.458. The van der Waals surface area contributed by atoms with E-state index in [2.05, 4.69) is 34.7 Å². The SMILES string of the molecule is CCCOc1ccc(CNC(=NC)NCc2ccc(C)cc2OCCOC)cc1OC. The van der Waals surface area contributed by atoms with Crippen LogP contribution in [0.4, 0.5) is 0 Å². The van der Waals surface area contributed by atoms with Crippen molar-refractivity contribution in [1.29, 1.82) is 0 Å². The molecule has 0 aliphatic rings. The number of rotatable bonds is 12. The first-order valence-corrected chi connectivity index (χ1v) is 10.6. The zero-order chi connectivity index (χ0) is 22.5. The van der Waals surface area contributed by atoms with Crippen LogP contribution >= 0.6 is 0 Å². The molecule has 31 heavy (non-hydrogen) atoms. The first-order valence-electron chi connectivity index (χ1n) is 10.6. The minimum Gasteiger partial charge on any atom is -0.493 e. The van der Waals surface area contributed by atoms with Crippen molar-refractivity contribution in [3.8, 4) is 17.2 Å². The monoisotopic (exact) mass is 429 g/mol. The van der Waals surface area contributed by atoms with Crippen LogP contribution in [0, 0.1) is 6.92 Å². The topological polar surface area (TPSA) is 73.3 Å². The number of ether oxygens (including phenoxy) is 4. The average Bonchev–Trinajstić information content (AvgIpc) is 2.79. The Balaban J connectivity index is 1.95. The lowest BCUT2D eigenvalue weighted by molar-refractivity contribution is 0.145. The van der Waals surface area contributed by atoms with E-state index in [0.29, 0.717) is 38.9 Å². The number of guanidine groups is 1. The van der Waals surface area contributed by atoms with E-state index in [9.17, 15) is 0 Å². The van der Waals surface area contributed by atoms with Gasteiger partial charge in [0.15, 0.2) is 17.5 Å². The highest BCUT2D eigenvalue weighted by atomic mass is 16.5. The van der Waals surface area contributed by atoms with E-state index in [4.69, 9.17) is 18.9 Å². The van der Waals surface area contributed by atoms with Crippen LogP contribution in [-0.2, 0) is 17.8 Å². The third kappa shape index (κ3) is 8.02. The molecule has 0 unspecified atom stereocenters. The quantitative estimate of drug-likeness (QED) is 0.305. The van der Waals surface area contributed by atoms with Gasteiger partial charge in [-0.25, -0.2) is 0 Å². The van der Waals surface area contributed by atoms with Gasteiger partial charge in [0, 0.05) is 32.8 Å². The van der Waals surface area contributed by atoms with Gasteiger partial charge in [0.1, 0.15) is 12.4 Å². The fourth-order valence-corrected chi connectivity index (χ4v) is 2.92. The standard InChI is InChI=1S/C24H35N3O4/c1-6-11-30-21-10-8-19(15-23(21)29-5)16-26-24(25-3)27-17-20-9-7-18(2)14-22(20)31-13-12-28-4/h7-10,14-15H,6,11-13,16-17H2,1-5H3,(H2,25,26,27). The van der Waals surface area contributed by atoms with Crippen LogP contribution in [0.15, 0.2) is 41.4 Å². The van der Waals surface area contributed by atoms with Gasteiger partial charge in [0.2, 0.25) is 0 Å². The van der Waals surface area contributed by atoms with E-state index in [1.165, 1.54) is 0 Å². The predicted molar refractivity (Wildman–Crippen MR) is 124 cm³/mol. The Kier molecular flexibility index (Phi) is 10.5. The summed E-state index contributed by atoms with van der Waals surface area (Å²) in [5.74, 6) is 3.05. The lowest BCUT2D eigenvalue weighted by Gasteiger charge is -2.16. The zero-order valence-corrected chi connectivity index (χ0v) is 19.3. The molecule has 0 amide bonds. The van der Waals surface area contributed by atoms with E-state index in [1.54, 1.807) is 21.3 Å². The molecule has 2 aromatic carbocycles. The molecule has 0 saturated carbocycles. The van der Waals surface area contributed by atoms with Gasteiger partial charge >= 0.3 is 0 Å². The summed E-state index contributed by atoms with van der Waals surface area (Å²) in [6.07, 6.45) is 0.953. The highest BCUT2D eigenvalue weighted by Gasteiger charge is 2.08. The Labute approximate surface area is 185 Å². The number of aryl methyl sites for hydroxylation is 1. The molecular weight excluding hydrogens is 394 g/mol. The van der Waals surface area contributed by atoms with Crippen molar-refractivity contribution in [2.75, 3.05) is 41.1 Å². The van der Waals surface area contributed by atoms with Gasteiger partial charge in [-0.05, 0) is 42.7 Å². The Bertz CT molecular complexity index is 840. The molecule has 170 valence electrons. The van der Waals surface area contributed by atoms with Crippen LogP contribution in [0.1, 0.15) is 30.0 Å². The predicted octanol–water partition coefficient (Wildman–Crippen LogP) is 3.68. The maximum absolute atomic E-state index is 5.87. The minimum absolute atomic E-state index is 0.514. The first-order chi connectivity index (χ1) is 15.1. The van der Waals surface area contributed by atoms with Crippen molar-refractivity contribution < 1.29 is 18.9 Å². The van der Waals surface area contributed by atoms with Gasteiger partial charge in [0.25, 0.3) is 0 Å². The van der Waals surface area contributed by atoms with Gasteiger partial charge < -0.3 is 29.6 Å². The number of nitrogens with one attached hydrogen (secondary N) is 2. The van der Waals surface area contributed by atoms with Crippen LogP contribution in [0.2, 0.25) is 0 Å². The average molecular weight is 430 g/mol. The van der Waals surface area contributed by atoms with Gasteiger partial charge in [0.05, 0.1) is 20.3 Å². The molecule has 2 rings (SSSR count). The van der Waals surface area contributed by atoms with Crippen molar-refractivity contribution in [1.82, 2.24) is 10.6 Å². The smallest absolute Gasteiger partial charge is 0.191 e. The zero-order valence-electron chi connectivity index (χ0n) is 19.3. The van der Waals surface area contributed by atoms with Crippen LogP contribution in [0.5, 0.6) is 17.2 Å². The third-order valence-electron chi connectivity index (χ3n) is 4.59. The van der Waals surface area contributed by atoms with Crippen LogP contribution in [-0.4, -0.2) is 47.0 Å². The van der Waals surface area contributed by atoms with E-state index < -0.39 is 0 Å². The number of hydrogen-bond donors (Lipinski definition) is 2. The molecule has 0 aliphatic carbocycles. The van der Waals surface area contributed by atoms with Gasteiger partial charge in [-0.2, -0.15) is 0 Å². The van der Waals surface area contributed by atoms with Crippen LogP contribution < -0.4 is 24.8 Å². The molecule has 2 N–H and O–H groups in total. The minimum atomic E-state index is 0.514. The second-order valence-corrected chi connectivity index (χ2v) is 7.07. The summed E-state index contributed by atoms with van der Waals surface area (Å²) in [5, 5.41) is 6.68. The van der Waals surface area contributed by atoms with Gasteiger partial charge in [-0.15, -0.1) is 0 Å². The van der Waals surface area contributed by atoms with E-state index >= 15 is 0 Å². The maximum Gasteiger partial charge on any atom is 0.191 e. The van der Waals surface area contributed by atoms with Crippen LogP contribution in [0.25, 0.3) is 0 Å². The van der Waals surface area contributed by atoms with E-state index in [-0.39, 0.29) is 0 Å². The Morgan fingerprint density at radius 1 is 0.871 bits per heavy atom. The maximum atomic E-state index is 5.87. The molecule has 2 aromatic rings. The van der Waals surface area contributed by atoms with Crippen molar-refractivity contribution in [3.05, 3.63) is 53.1 Å². The number of hydrogen-bond acceptors (Lipinski definition) is 5. The number of nitrogens with zero attached hydrogens (tertiary/aromatic N) is 1. The summed E-state index contributed by atoms with van der Waals surface area (Å²) in [4.78, 5) is 4.32. The van der Waals surface area contributed by atoms with Crippen molar-refractivity contribution >= 4 is 5.96 Å².